The zero-order valence-electron chi connectivity index (χ0n) is 23.2. The summed E-state index contributed by atoms with van der Waals surface area (Å²) in [7, 11) is 4.04. The van der Waals surface area contributed by atoms with Crippen LogP contribution >= 0.6 is 0 Å². The first kappa shape index (κ1) is 31.2. The minimum Gasteiger partial charge on any atom is -0.493 e. The van der Waals surface area contributed by atoms with Gasteiger partial charge in [-0.25, -0.2) is 4.79 Å². The predicted molar refractivity (Wildman–Crippen MR) is 138 cm³/mol. The summed E-state index contributed by atoms with van der Waals surface area (Å²) in [6, 6.07) is 3.91. The van der Waals surface area contributed by atoms with Crippen LogP contribution in [0.5, 0.6) is 11.5 Å². The molecule has 0 spiro atoms. The summed E-state index contributed by atoms with van der Waals surface area (Å²) in [6.45, 7) is 6.28. The van der Waals surface area contributed by atoms with Crippen LogP contribution in [0.1, 0.15) is 61.9 Å². The highest BCUT2D eigenvalue weighted by molar-refractivity contribution is 5.71. The zero-order valence-corrected chi connectivity index (χ0v) is 23.2. The van der Waals surface area contributed by atoms with E-state index in [2.05, 4.69) is 18.7 Å². The summed E-state index contributed by atoms with van der Waals surface area (Å²) < 4.78 is 97.1. The molecule has 2 atom stereocenters. The lowest BCUT2D eigenvalue weighted by molar-refractivity contribution is -0.143. The van der Waals surface area contributed by atoms with Gasteiger partial charge in [-0.2, -0.15) is 26.3 Å². The maximum atomic E-state index is 13.5. The number of amides is 1. The normalized spacial score (nSPS) is 17.5. The van der Waals surface area contributed by atoms with Crippen LogP contribution in [0.2, 0.25) is 0 Å². The lowest BCUT2D eigenvalue weighted by Gasteiger charge is -2.44. The van der Waals surface area contributed by atoms with Crippen LogP contribution in [-0.4, -0.2) is 44.9 Å². The summed E-state index contributed by atoms with van der Waals surface area (Å²) in [4.78, 5) is 16.4. The monoisotopic (exact) mass is 576 g/mol. The Morgan fingerprint density at radius 1 is 0.950 bits per heavy atom. The summed E-state index contributed by atoms with van der Waals surface area (Å²) in [5.41, 5.74) is -1.88. The lowest BCUT2D eigenvalue weighted by Crippen LogP contribution is -2.45. The number of benzene rings is 2. The Morgan fingerprint density at radius 3 is 1.98 bits per heavy atom. The second kappa shape index (κ2) is 12.1. The number of hydrogen-bond acceptors (Lipinski definition) is 5. The highest BCUT2D eigenvalue weighted by atomic mass is 19.4. The molecule has 3 rings (SSSR count). The van der Waals surface area contributed by atoms with Crippen LogP contribution in [0.25, 0.3) is 0 Å². The third-order valence-corrected chi connectivity index (χ3v) is 7.03. The molecule has 2 aromatic carbocycles. The molecule has 40 heavy (non-hydrogen) atoms. The van der Waals surface area contributed by atoms with Gasteiger partial charge in [0.05, 0.1) is 38.5 Å². The molecule has 1 heterocycles. The third-order valence-electron chi connectivity index (χ3n) is 7.03. The third kappa shape index (κ3) is 6.87. The van der Waals surface area contributed by atoms with Crippen molar-refractivity contribution < 1.29 is 45.3 Å². The fraction of sp³-hybridized carbons (Fsp3) is 0.536. The van der Waals surface area contributed by atoms with E-state index in [1.165, 1.54) is 14.2 Å². The number of rotatable bonds is 8. The van der Waals surface area contributed by atoms with Gasteiger partial charge in [0.2, 0.25) is 0 Å². The molecule has 1 aliphatic rings. The molecule has 0 saturated heterocycles. The Labute approximate surface area is 229 Å². The van der Waals surface area contributed by atoms with Gasteiger partial charge in [-0.1, -0.05) is 13.8 Å². The fourth-order valence-corrected chi connectivity index (χ4v) is 4.97. The van der Waals surface area contributed by atoms with Gasteiger partial charge >= 0.3 is 18.4 Å². The molecule has 222 valence electrons. The van der Waals surface area contributed by atoms with Crippen LogP contribution in [-0.2, 0) is 23.6 Å². The van der Waals surface area contributed by atoms with Crippen molar-refractivity contribution in [1.82, 2.24) is 4.90 Å². The molecular formula is C28H34F6N2O4. The molecule has 0 N–H and O–H groups in total. The van der Waals surface area contributed by atoms with Gasteiger partial charge in [0.15, 0.2) is 11.5 Å². The molecule has 2 aromatic rings. The Morgan fingerprint density at radius 2 is 1.50 bits per heavy atom. The summed E-state index contributed by atoms with van der Waals surface area (Å²) >= 11 is 0. The van der Waals surface area contributed by atoms with Gasteiger partial charge in [0.1, 0.15) is 0 Å². The zero-order chi connectivity index (χ0) is 30.0. The van der Waals surface area contributed by atoms with E-state index in [1.54, 1.807) is 12.1 Å². The maximum Gasteiger partial charge on any atom is 0.416 e. The SMILES string of the molecule is COC(=O)N(Cc1cc(C(F)(F)F)cc(C(F)(F)F)c1)C1CC(C)N(CCC(C)C)c2cc(OC)c(OC)cc21. The molecule has 0 saturated carbocycles. The van der Waals surface area contributed by atoms with Crippen LogP contribution < -0.4 is 14.4 Å². The van der Waals surface area contributed by atoms with Crippen molar-refractivity contribution in [2.24, 2.45) is 5.92 Å². The molecule has 0 bridgehead atoms. The van der Waals surface area contributed by atoms with E-state index in [0.29, 0.717) is 48.1 Å². The van der Waals surface area contributed by atoms with Crippen molar-refractivity contribution >= 4 is 11.8 Å². The number of carbonyl (C=O) groups excluding carboxylic acids is 1. The van der Waals surface area contributed by atoms with Crippen LogP contribution in [0.4, 0.5) is 36.8 Å². The second-order valence-corrected chi connectivity index (χ2v) is 10.3. The van der Waals surface area contributed by atoms with Gasteiger partial charge < -0.3 is 19.1 Å². The number of carbonyl (C=O) groups is 1. The van der Waals surface area contributed by atoms with E-state index in [9.17, 15) is 31.1 Å². The van der Waals surface area contributed by atoms with Gasteiger partial charge in [0.25, 0.3) is 0 Å². The van der Waals surface area contributed by atoms with Crippen LogP contribution in [0.3, 0.4) is 0 Å². The van der Waals surface area contributed by atoms with E-state index < -0.39 is 42.2 Å². The number of hydrogen-bond donors (Lipinski definition) is 0. The second-order valence-electron chi connectivity index (χ2n) is 10.3. The number of nitrogens with zero attached hydrogens (tertiary/aromatic N) is 2. The van der Waals surface area contributed by atoms with Crippen molar-refractivity contribution in [3.8, 4) is 11.5 Å². The molecule has 0 aliphatic carbocycles. The molecule has 12 heteroatoms. The van der Waals surface area contributed by atoms with Gasteiger partial charge in [-0.3, -0.25) is 4.90 Å². The number of methoxy groups -OCH3 is 3. The quantitative estimate of drug-likeness (QED) is 0.302. The van der Waals surface area contributed by atoms with E-state index in [1.807, 2.05) is 6.92 Å². The van der Waals surface area contributed by atoms with Crippen molar-refractivity contribution in [3.63, 3.8) is 0 Å². The highest BCUT2D eigenvalue weighted by Crippen LogP contribution is 2.47. The standard InChI is InChI=1S/C28H34F6N2O4/c1-16(2)7-8-35-17(3)9-22(21-13-24(38-4)25(39-5)14-23(21)35)36(26(37)40-6)15-18-10-19(27(29,30)31)12-20(11-18)28(32,33)34/h10-14,16-17,22H,7-9,15H2,1-6H3. The van der Waals surface area contributed by atoms with Crippen molar-refractivity contribution in [3.05, 3.63) is 52.6 Å². The van der Waals surface area contributed by atoms with Crippen molar-refractivity contribution in [2.75, 3.05) is 32.8 Å². The number of alkyl halides is 6. The molecule has 0 radical (unpaired) electrons. The first-order valence-corrected chi connectivity index (χ1v) is 12.8. The number of halogens is 6. The van der Waals surface area contributed by atoms with E-state index in [0.717, 1.165) is 24.1 Å². The molecule has 6 nitrogen and oxygen atoms in total. The highest BCUT2D eigenvalue weighted by Gasteiger charge is 2.40. The average molecular weight is 577 g/mol. The first-order valence-electron chi connectivity index (χ1n) is 12.8. The molecule has 0 fully saturated rings. The molecular weight excluding hydrogens is 542 g/mol. The fourth-order valence-electron chi connectivity index (χ4n) is 4.97. The largest absolute Gasteiger partial charge is 0.493 e. The molecule has 2 unspecified atom stereocenters. The Kier molecular flexibility index (Phi) is 9.41. The first-order chi connectivity index (χ1) is 18.6. The smallest absolute Gasteiger partial charge is 0.416 e. The summed E-state index contributed by atoms with van der Waals surface area (Å²) in [6.07, 6.45) is -9.70. The molecule has 1 amide bonds. The lowest BCUT2D eigenvalue weighted by atomic mass is 9.89. The van der Waals surface area contributed by atoms with Crippen LogP contribution in [0, 0.1) is 5.92 Å². The minimum atomic E-state index is -5.01. The molecule has 1 aliphatic heterocycles. The van der Waals surface area contributed by atoms with E-state index >= 15 is 0 Å². The van der Waals surface area contributed by atoms with Crippen molar-refractivity contribution in [2.45, 2.75) is 64.6 Å². The van der Waals surface area contributed by atoms with E-state index in [4.69, 9.17) is 14.2 Å². The Bertz CT molecular complexity index is 1170. The number of fused-ring (bicyclic) bond motifs is 1. The summed E-state index contributed by atoms with van der Waals surface area (Å²) in [5.74, 6) is 1.22. The maximum absolute atomic E-state index is 13.5. The summed E-state index contributed by atoms with van der Waals surface area (Å²) in [5, 5.41) is 0. The molecule has 0 aromatic heterocycles. The predicted octanol–water partition coefficient (Wildman–Crippen LogP) is 7.70. The van der Waals surface area contributed by atoms with E-state index in [-0.39, 0.29) is 17.7 Å². The Hall–Kier alpha value is -3.31. The number of anilines is 1. The average Bonchev–Trinajstić information content (AvgIpc) is 2.88. The minimum absolute atomic E-state index is 0.0632. The van der Waals surface area contributed by atoms with Gasteiger partial charge in [-0.05, 0) is 55.5 Å². The van der Waals surface area contributed by atoms with Crippen molar-refractivity contribution in [1.29, 1.82) is 0 Å². The topological polar surface area (TPSA) is 51.2 Å². The number of ether oxygens (including phenoxy) is 3. The van der Waals surface area contributed by atoms with Crippen LogP contribution in [0.15, 0.2) is 30.3 Å². The Balaban J connectivity index is 2.17. The van der Waals surface area contributed by atoms with Gasteiger partial charge in [-0.15, -0.1) is 0 Å². The van der Waals surface area contributed by atoms with Gasteiger partial charge in [0, 0.05) is 36.4 Å².